The topological polar surface area (TPSA) is 65.2 Å². The van der Waals surface area contributed by atoms with Gasteiger partial charge in [-0.2, -0.15) is 0 Å². The molecule has 1 aliphatic carbocycles. The number of rotatable bonds is 8. The number of quaternary nitrogens is 1. The predicted molar refractivity (Wildman–Crippen MR) is 185 cm³/mol. The Morgan fingerprint density at radius 2 is 1.14 bits per heavy atom. The summed E-state index contributed by atoms with van der Waals surface area (Å²) in [5.74, 6) is 0.665. The lowest BCUT2D eigenvalue weighted by Crippen LogP contribution is -3.00. The minimum absolute atomic E-state index is 0. The Hall–Kier alpha value is -1.93. The summed E-state index contributed by atoms with van der Waals surface area (Å²) in [7, 11) is 2.25. The van der Waals surface area contributed by atoms with Crippen LogP contribution in [-0.4, -0.2) is 59.3 Å². The molecule has 246 valence electrons. The van der Waals surface area contributed by atoms with Crippen molar-refractivity contribution >= 4 is 12.4 Å². The molecule has 0 saturated heterocycles. The molecule has 0 amide bonds. The standard InChI is InChI=1S/C38H59N3O2.HI/c1-13-41(12,14-2)25-28-21-29(36(3,4)5)19-26(34(28)42)23-39-32-17-15-16-18-33(32)40-24-27-20-30(37(6,7)8)22-31(35(27)43)38(9,10)11;/h19-24,32-33H,13-18,25H2,1-12H3,(H-,39,40,42,43);1H. The van der Waals surface area contributed by atoms with Crippen LogP contribution in [-0.2, 0) is 22.8 Å². The number of phenolic OH excluding ortho intramolecular Hbond substituents is 2. The van der Waals surface area contributed by atoms with Gasteiger partial charge in [0.25, 0.3) is 0 Å². The molecule has 0 aromatic heterocycles. The lowest BCUT2D eigenvalue weighted by Gasteiger charge is -2.33. The van der Waals surface area contributed by atoms with Gasteiger partial charge in [-0.15, -0.1) is 0 Å². The van der Waals surface area contributed by atoms with Crippen LogP contribution >= 0.6 is 0 Å². The zero-order chi connectivity index (χ0) is 32.4. The highest BCUT2D eigenvalue weighted by atomic mass is 127. The van der Waals surface area contributed by atoms with Crippen LogP contribution in [0.5, 0.6) is 11.5 Å². The van der Waals surface area contributed by atoms with Gasteiger partial charge >= 0.3 is 0 Å². The van der Waals surface area contributed by atoms with Crippen LogP contribution in [0.25, 0.3) is 0 Å². The fraction of sp³-hybridized carbons (Fsp3) is 0.632. The third-order valence-corrected chi connectivity index (χ3v) is 9.48. The Morgan fingerprint density at radius 3 is 1.55 bits per heavy atom. The number of phenols is 2. The summed E-state index contributed by atoms with van der Waals surface area (Å²) in [6, 6.07) is 8.60. The summed E-state index contributed by atoms with van der Waals surface area (Å²) < 4.78 is 0.872. The van der Waals surface area contributed by atoms with E-state index in [1.807, 2.05) is 12.4 Å². The summed E-state index contributed by atoms with van der Waals surface area (Å²) in [6.45, 7) is 26.9. The van der Waals surface area contributed by atoms with Gasteiger partial charge in [0.2, 0.25) is 0 Å². The molecule has 44 heavy (non-hydrogen) atoms. The largest absolute Gasteiger partial charge is 1.00 e. The fourth-order valence-electron chi connectivity index (χ4n) is 5.78. The number of aromatic hydroxyl groups is 2. The second-order valence-electron chi connectivity index (χ2n) is 16.2. The van der Waals surface area contributed by atoms with E-state index in [0.717, 1.165) is 72.1 Å². The molecule has 0 radical (unpaired) electrons. The fourth-order valence-corrected chi connectivity index (χ4v) is 5.78. The quantitative estimate of drug-likeness (QED) is 0.205. The van der Waals surface area contributed by atoms with Crippen molar-refractivity contribution in [1.82, 2.24) is 0 Å². The van der Waals surface area contributed by atoms with E-state index >= 15 is 0 Å². The van der Waals surface area contributed by atoms with Gasteiger partial charge < -0.3 is 38.7 Å². The Kier molecular flexibility index (Phi) is 12.7. The van der Waals surface area contributed by atoms with Gasteiger partial charge in [-0.1, -0.05) is 81.2 Å². The molecule has 0 heterocycles. The first kappa shape index (κ1) is 38.3. The second-order valence-corrected chi connectivity index (χ2v) is 16.2. The minimum Gasteiger partial charge on any atom is -1.00 e. The van der Waals surface area contributed by atoms with Crippen molar-refractivity contribution in [2.75, 3.05) is 20.1 Å². The van der Waals surface area contributed by atoms with Crippen molar-refractivity contribution in [3.05, 3.63) is 57.6 Å². The number of hydrogen-bond acceptors (Lipinski definition) is 4. The molecule has 3 rings (SSSR count). The monoisotopic (exact) mass is 717 g/mol. The molecule has 2 aromatic carbocycles. The molecule has 0 spiro atoms. The Balaban J connectivity index is 0.00000675. The molecular formula is C38H60IN3O2. The lowest BCUT2D eigenvalue weighted by molar-refractivity contribution is -0.919. The SMILES string of the molecule is CC[N+](C)(CC)Cc1cc(C(C)(C)C)cc(C=NC2CCCCC2N=Cc2cc(C(C)(C)C)cc(C(C)(C)C)c2O)c1O.[I-]. The maximum Gasteiger partial charge on any atom is 0.133 e. The first-order valence-corrected chi connectivity index (χ1v) is 16.4. The molecular weight excluding hydrogens is 657 g/mol. The average molecular weight is 718 g/mol. The molecule has 0 bridgehead atoms. The van der Waals surface area contributed by atoms with Crippen LogP contribution in [0.4, 0.5) is 0 Å². The van der Waals surface area contributed by atoms with Gasteiger partial charge in [0.15, 0.2) is 0 Å². The van der Waals surface area contributed by atoms with Crippen LogP contribution < -0.4 is 24.0 Å². The summed E-state index contributed by atoms with van der Waals surface area (Å²) in [5.41, 5.74) is 5.65. The van der Waals surface area contributed by atoms with E-state index in [0.29, 0.717) is 11.5 Å². The summed E-state index contributed by atoms with van der Waals surface area (Å²) >= 11 is 0. The summed E-state index contributed by atoms with van der Waals surface area (Å²) in [5, 5.41) is 22.7. The molecule has 6 heteroatoms. The van der Waals surface area contributed by atoms with Crippen LogP contribution in [0, 0.1) is 0 Å². The molecule has 5 nitrogen and oxygen atoms in total. The maximum atomic E-state index is 11.4. The highest BCUT2D eigenvalue weighted by molar-refractivity contribution is 5.86. The van der Waals surface area contributed by atoms with Crippen molar-refractivity contribution in [3.63, 3.8) is 0 Å². The van der Waals surface area contributed by atoms with Crippen molar-refractivity contribution in [2.45, 2.75) is 137 Å². The molecule has 2 unspecified atom stereocenters. The first-order chi connectivity index (χ1) is 19.8. The molecule has 1 aliphatic rings. The lowest BCUT2D eigenvalue weighted by atomic mass is 9.79. The van der Waals surface area contributed by atoms with E-state index in [1.54, 1.807) is 0 Å². The van der Waals surface area contributed by atoms with Gasteiger partial charge in [-0.05, 0) is 72.3 Å². The van der Waals surface area contributed by atoms with Crippen LogP contribution in [0.1, 0.15) is 135 Å². The van der Waals surface area contributed by atoms with E-state index in [1.165, 1.54) is 11.1 Å². The van der Waals surface area contributed by atoms with Gasteiger partial charge in [-0.25, -0.2) is 0 Å². The van der Waals surface area contributed by atoms with Crippen LogP contribution in [0.15, 0.2) is 34.3 Å². The third kappa shape index (κ3) is 9.54. The third-order valence-electron chi connectivity index (χ3n) is 9.48. The molecule has 1 saturated carbocycles. The molecule has 2 atom stereocenters. The normalized spacial score (nSPS) is 18.6. The Bertz CT molecular complexity index is 1320. The first-order valence-electron chi connectivity index (χ1n) is 16.4. The molecule has 2 N–H and O–H groups in total. The van der Waals surface area contributed by atoms with E-state index in [4.69, 9.17) is 9.98 Å². The van der Waals surface area contributed by atoms with Gasteiger partial charge in [0.05, 0.1) is 32.2 Å². The number of benzene rings is 2. The molecule has 1 fully saturated rings. The van der Waals surface area contributed by atoms with Crippen molar-refractivity contribution in [2.24, 2.45) is 9.98 Å². The Morgan fingerprint density at radius 1 is 0.705 bits per heavy atom. The number of aliphatic imine (C=N–C) groups is 2. The maximum absolute atomic E-state index is 11.4. The predicted octanol–water partition coefficient (Wildman–Crippen LogP) is 5.83. The van der Waals surface area contributed by atoms with E-state index in [2.05, 4.69) is 107 Å². The van der Waals surface area contributed by atoms with E-state index in [9.17, 15) is 10.2 Å². The van der Waals surface area contributed by atoms with Gasteiger partial charge in [0, 0.05) is 34.7 Å². The van der Waals surface area contributed by atoms with E-state index < -0.39 is 0 Å². The number of nitrogens with zero attached hydrogens (tertiary/aromatic N) is 3. The summed E-state index contributed by atoms with van der Waals surface area (Å²) in [4.78, 5) is 10.1. The van der Waals surface area contributed by atoms with Gasteiger partial charge in [0.1, 0.15) is 18.0 Å². The summed E-state index contributed by atoms with van der Waals surface area (Å²) in [6.07, 6.45) is 7.94. The number of halogens is 1. The van der Waals surface area contributed by atoms with Gasteiger partial charge in [-0.3, -0.25) is 9.98 Å². The molecule has 2 aromatic rings. The zero-order valence-corrected chi connectivity index (χ0v) is 31.8. The zero-order valence-electron chi connectivity index (χ0n) is 29.7. The number of hydrogen-bond donors (Lipinski definition) is 2. The van der Waals surface area contributed by atoms with Crippen molar-refractivity contribution < 1.29 is 38.7 Å². The van der Waals surface area contributed by atoms with E-state index in [-0.39, 0.29) is 52.3 Å². The second kappa shape index (κ2) is 14.7. The van der Waals surface area contributed by atoms with Crippen LogP contribution in [0.3, 0.4) is 0 Å². The van der Waals surface area contributed by atoms with Crippen molar-refractivity contribution in [1.29, 1.82) is 0 Å². The van der Waals surface area contributed by atoms with Crippen molar-refractivity contribution in [3.8, 4) is 11.5 Å². The highest BCUT2D eigenvalue weighted by Gasteiger charge is 2.28. The van der Waals surface area contributed by atoms with Crippen LogP contribution in [0.2, 0.25) is 0 Å². The average Bonchev–Trinajstić information content (AvgIpc) is 2.91. The molecule has 0 aliphatic heterocycles. The minimum atomic E-state index is -0.182. The highest BCUT2D eigenvalue weighted by Crippen LogP contribution is 2.38. The smallest absolute Gasteiger partial charge is 0.133 e. The Labute approximate surface area is 285 Å².